The van der Waals surface area contributed by atoms with Gasteiger partial charge in [-0.15, -0.1) is 0 Å². The maximum absolute atomic E-state index is 11.4. The first-order valence-corrected chi connectivity index (χ1v) is 4.83. The van der Waals surface area contributed by atoms with Crippen LogP contribution < -0.4 is 0 Å². The van der Waals surface area contributed by atoms with E-state index in [-0.39, 0.29) is 5.91 Å². The normalized spacial score (nSPS) is 9.92. The molecule has 71 valence electrons. The molecule has 0 unspecified atom stereocenters. The largest absolute Gasteiger partial charge is 0.343 e. The second-order valence-electron chi connectivity index (χ2n) is 2.93. The van der Waals surface area contributed by atoms with Gasteiger partial charge in [-0.1, -0.05) is 20.3 Å². The van der Waals surface area contributed by atoms with Gasteiger partial charge in [0.25, 0.3) is 0 Å². The SMILES string of the molecule is [CH2]CCCC(=O)N(CC)CCC. The van der Waals surface area contributed by atoms with Gasteiger partial charge in [0, 0.05) is 19.5 Å². The Bertz CT molecular complexity index is 123. The molecule has 0 aromatic heterocycles. The van der Waals surface area contributed by atoms with Crippen molar-refractivity contribution in [3.05, 3.63) is 6.92 Å². The highest BCUT2D eigenvalue weighted by Crippen LogP contribution is 2.00. The zero-order valence-electron chi connectivity index (χ0n) is 8.31. The van der Waals surface area contributed by atoms with Crippen LogP contribution in [-0.2, 0) is 4.79 Å². The lowest BCUT2D eigenvalue weighted by Gasteiger charge is -2.19. The first-order chi connectivity index (χ1) is 5.76. The van der Waals surface area contributed by atoms with Crippen LogP contribution in [0.5, 0.6) is 0 Å². The van der Waals surface area contributed by atoms with Crippen molar-refractivity contribution in [3.63, 3.8) is 0 Å². The van der Waals surface area contributed by atoms with Crippen molar-refractivity contribution in [2.75, 3.05) is 13.1 Å². The fraction of sp³-hybridized carbons (Fsp3) is 0.800. The smallest absolute Gasteiger partial charge is 0.222 e. The van der Waals surface area contributed by atoms with Crippen molar-refractivity contribution in [1.82, 2.24) is 4.90 Å². The van der Waals surface area contributed by atoms with Crippen molar-refractivity contribution in [3.8, 4) is 0 Å². The number of unbranched alkanes of at least 4 members (excludes halogenated alkanes) is 1. The Morgan fingerprint density at radius 1 is 1.42 bits per heavy atom. The zero-order chi connectivity index (χ0) is 9.40. The molecule has 2 nitrogen and oxygen atoms in total. The summed E-state index contributed by atoms with van der Waals surface area (Å²) >= 11 is 0. The third kappa shape index (κ3) is 4.37. The van der Waals surface area contributed by atoms with Gasteiger partial charge in [0.1, 0.15) is 0 Å². The summed E-state index contributed by atoms with van der Waals surface area (Å²) in [5.74, 6) is 0.281. The molecule has 1 radical (unpaired) electrons. The lowest BCUT2D eigenvalue weighted by atomic mass is 10.2. The van der Waals surface area contributed by atoms with Gasteiger partial charge in [0.2, 0.25) is 5.91 Å². The van der Waals surface area contributed by atoms with E-state index in [1.54, 1.807) is 0 Å². The molecule has 0 aromatic rings. The highest BCUT2D eigenvalue weighted by atomic mass is 16.2. The topological polar surface area (TPSA) is 20.3 Å². The van der Waals surface area contributed by atoms with Crippen LogP contribution in [0.1, 0.15) is 39.5 Å². The van der Waals surface area contributed by atoms with Crippen LogP contribution in [0, 0.1) is 6.92 Å². The summed E-state index contributed by atoms with van der Waals surface area (Å²) in [4.78, 5) is 13.3. The van der Waals surface area contributed by atoms with E-state index >= 15 is 0 Å². The number of nitrogens with zero attached hydrogens (tertiary/aromatic N) is 1. The Kier molecular flexibility index (Phi) is 6.82. The van der Waals surface area contributed by atoms with E-state index in [2.05, 4.69) is 13.8 Å². The van der Waals surface area contributed by atoms with Gasteiger partial charge in [0.15, 0.2) is 0 Å². The van der Waals surface area contributed by atoms with Crippen LogP contribution >= 0.6 is 0 Å². The van der Waals surface area contributed by atoms with Crippen LogP contribution in [0.4, 0.5) is 0 Å². The number of carbonyl (C=O) groups excluding carboxylic acids is 1. The number of rotatable bonds is 6. The van der Waals surface area contributed by atoms with E-state index < -0.39 is 0 Å². The van der Waals surface area contributed by atoms with Crippen LogP contribution in [0.3, 0.4) is 0 Å². The molecule has 0 bridgehead atoms. The highest BCUT2D eigenvalue weighted by molar-refractivity contribution is 5.76. The molecule has 1 amide bonds. The fourth-order valence-corrected chi connectivity index (χ4v) is 1.16. The molecule has 0 aromatic carbocycles. The predicted octanol–water partition coefficient (Wildman–Crippen LogP) is 2.25. The summed E-state index contributed by atoms with van der Waals surface area (Å²) in [6.07, 6.45) is 3.48. The quantitative estimate of drug-likeness (QED) is 0.598. The number of carbonyl (C=O) groups is 1. The third-order valence-electron chi connectivity index (χ3n) is 1.87. The van der Waals surface area contributed by atoms with Gasteiger partial charge in [-0.3, -0.25) is 4.79 Å². The van der Waals surface area contributed by atoms with Gasteiger partial charge < -0.3 is 4.90 Å². The number of hydrogen-bond donors (Lipinski definition) is 0. The monoisotopic (exact) mass is 170 g/mol. The van der Waals surface area contributed by atoms with E-state index in [1.165, 1.54) is 0 Å². The minimum Gasteiger partial charge on any atom is -0.343 e. The molecule has 0 aliphatic heterocycles. The van der Waals surface area contributed by atoms with Gasteiger partial charge >= 0.3 is 0 Å². The third-order valence-corrected chi connectivity index (χ3v) is 1.87. The van der Waals surface area contributed by atoms with Gasteiger partial charge in [-0.05, 0) is 19.8 Å². The molecular formula is C10H20NO. The molecule has 12 heavy (non-hydrogen) atoms. The molecule has 0 saturated carbocycles. The molecule has 0 saturated heterocycles. The lowest BCUT2D eigenvalue weighted by molar-refractivity contribution is -0.131. The first-order valence-electron chi connectivity index (χ1n) is 4.83. The van der Waals surface area contributed by atoms with Crippen molar-refractivity contribution in [2.45, 2.75) is 39.5 Å². The van der Waals surface area contributed by atoms with Crippen molar-refractivity contribution < 1.29 is 4.79 Å². The Hall–Kier alpha value is -0.530. The molecule has 0 aliphatic carbocycles. The summed E-state index contributed by atoms with van der Waals surface area (Å²) in [6, 6.07) is 0. The lowest BCUT2D eigenvalue weighted by Crippen LogP contribution is -2.31. The van der Waals surface area contributed by atoms with Crippen LogP contribution in [-0.4, -0.2) is 23.9 Å². The Labute approximate surface area is 75.9 Å². The van der Waals surface area contributed by atoms with E-state index in [4.69, 9.17) is 0 Å². The standard InChI is InChI=1S/C10H20NO/c1-4-7-8-10(12)11(6-3)9-5-2/h1,4-9H2,2-3H3. The summed E-state index contributed by atoms with van der Waals surface area (Å²) in [6.45, 7) is 9.57. The van der Waals surface area contributed by atoms with Crippen molar-refractivity contribution >= 4 is 5.91 Å². The highest BCUT2D eigenvalue weighted by Gasteiger charge is 2.08. The zero-order valence-corrected chi connectivity index (χ0v) is 8.31. The summed E-state index contributed by atoms with van der Waals surface area (Å²) in [7, 11) is 0. The summed E-state index contributed by atoms with van der Waals surface area (Å²) in [5.41, 5.74) is 0. The minimum atomic E-state index is 0.281. The second-order valence-corrected chi connectivity index (χ2v) is 2.93. The summed E-state index contributed by atoms with van der Waals surface area (Å²) < 4.78 is 0. The average molecular weight is 170 g/mol. The fourth-order valence-electron chi connectivity index (χ4n) is 1.16. The maximum atomic E-state index is 11.4. The molecule has 0 aliphatic rings. The van der Waals surface area contributed by atoms with E-state index in [1.807, 2.05) is 11.8 Å². The Morgan fingerprint density at radius 3 is 2.50 bits per heavy atom. The molecule has 0 heterocycles. The van der Waals surface area contributed by atoms with Crippen LogP contribution in [0.25, 0.3) is 0 Å². The predicted molar refractivity (Wildman–Crippen MR) is 51.8 cm³/mol. The van der Waals surface area contributed by atoms with Crippen LogP contribution in [0.2, 0.25) is 0 Å². The second kappa shape index (κ2) is 7.14. The molecule has 0 atom stereocenters. The van der Waals surface area contributed by atoms with E-state index in [0.29, 0.717) is 6.42 Å². The molecule has 0 N–H and O–H groups in total. The van der Waals surface area contributed by atoms with Crippen LogP contribution in [0.15, 0.2) is 0 Å². The maximum Gasteiger partial charge on any atom is 0.222 e. The van der Waals surface area contributed by atoms with Crippen molar-refractivity contribution in [1.29, 1.82) is 0 Å². The molecule has 2 heteroatoms. The molecule has 0 rings (SSSR count). The Morgan fingerprint density at radius 2 is 2.08 bits per heavy atom. The Balaban J connectivity index is 3.69. The van der Waals surface area contributed by atoms with E-state index in [0.717, 1.165) is 32.4 Å². The molecular weight excluding hydrogens is 150 g/mol. The van der Waals surface area contributed by atoms with Gasteiger partial charge in [-0.2, -0.15) is 0 Å². The van der Waals surface area contributed by atoms with Crippen molar-refractivity contribution in [2.24, 2.45) is 0 Å². The first kappa shape index (κ1) is 11.5. The van der Waals surface area contributed by atoms with E-state index in [9.17, 15) is 4.79 Å². The minimum absolute atomic E-state index is 0.281. The number of hydrogen-bond acceptors (Lipinski definition) is 1. The molecule has 0 fully saturated rings. The average Bonchev–Trinajstić information content (AvgIpc) is 2.10. The summed E-state index contributed by atoms with van der Waals surface area (Å²) in [5, 5.41) is 0. The molecule has 0 spiro atoms. The van der Waals surface area contributed by atoms with Gasteiger partial charge in [0.05, 0.1) is 0 Å². The number of amides is 1. The van der Waals surface area contributed by atoms with Gasteiger partial charge in [-0.25, -0.2) is 0 Å².